The van der Waals surface area contributed by atoms with Crippen molar-refractivity contribution in [2.75, 3.05) is 26.3 Å². The van der Waals surface area contributed by atoms with Gasteiger partial charge in [-0.25, -0.2) is 4.98 Å². The van der Waals surface area contributed by atoms with E-state index in [0.717, 1.165) is 5.56 Å². The Morgan fingerprint density at radius 1 is 1.35 bits per heavy atom. The molecule has 26 heavy (non-hydrogen) atoms. The minimum atomic E-state index is -0.727. The molecule has 1 unspecified atom stereocenters. The van der Waals surface area contributed by atoms with Gasteiger partial charge in [0, 0.05) is 25.9 Å². The molecule has 0 bridgehead atoms. The van der Waals surface area contributed by atoms with E-state index in [2.05, 4.69) is 34.3 Å². The zero-order valence-electron chi connectivity index (χ0n) is 15.2. The van der Waals surface area contributed by atoms with Crippen molar-refractivity contribution in [2.24, 2.45) is 0 Å². The third-order valence-electron chi connectivity index (χ3n) is 4.78. The number of benzene rings is 1. The molecule has 140 valence electrons. The van der Waals surface area contributed by atoms with Crippen molar-refractivity contribution >= 4 is 5.91 Å². The number of amides is 1. The Hall–Kier alpha value is -2.25. The second kappa shape index (κ2) is 8.42. The molecule has 1 aliphatic heterocycles. The fraction of sp³-hybridized carbons (Fsp3) is 0.526. The SMILES string of the molecule is Cc1ccc(CC2(CO)CN(C(=O)CCCn3cncn3)CCO2)cc1. The fourth-order valence-corrected chi connectivity index (χ4v) is 3.29. The van der Waals surface area contributed by atoms with Crippen molar-refractivity contribution < 1.29 is 14.6 Å². The zero-order valence-corrected chi connectivity index (χ0v) is 15.2. The van der Waals surface area contributed by atoms with E-state index in [1.165, 1.54) is 11.9 Å². The predicted octanol–water partition coefficient (Wildman–Crippen LogP) is 1.20. The molecule has 0 aliphatic carbocycles. The monoisotopic (exact) mass is 358 g/mol. The maximum Gasteiger partial charge on any atom is 0.222 e. The van der Waals surface area contributed by atoms with Crippen LogP contribution in [0.25, 0.3) is 0 Å². The van der Waals surface area contributed by atoms with E-state index in [0.29, 0.717) is 45.5 Å². The molecule has 0 saturated carbocycles. The number of hydrogen-bond acceptors (Lipinski definition) is 5. The van der Waals surface area contributed by atoms with Crippen LogP contribution in [0.5, 0.6) is 0 Å². The number of aliphatic hydroxyl groups is 1. The molecule has 1 aromatic heterocycles. The number of aromatic nitrogens is 3. The van der Waals surface area contributed by atoms with Gasteiger partial charge in [0.05, 0.1) is 19.8 Å². The van der Waals surface area contributed by atoms with Gasteiger partial charge in [-0.3, -0.25) is 9.48 Å². The van der Waals surface area contributed by atoms with Crippen LogP contribution in [0.4, 0.5) is 0 Å². The summed E-state index contributed by atoms with van der Waals surface area (Å²) in [6, 6.07) is 8.20. The van der Waals surface area contributed by atoms with Gasteiger partial charge in [-0.2, -0.15) is 5.10 Å². The maximum atomic E-state index is 12.6. The summed E-state index contributed by atoms with van der Waals surface area (Å²) >= 11 is 0. The number of carbonyl (C=O) groups is 1. The summed E-state index contributed by atoms with van der Waals surface area (Å²) in [6.07, 6.45) is 4.89. The van der Waals surface area contributed by atoms with Crippen LogP contribution >= 0.6 is 0 Å². The molecule has 1 fully saturated rings. The molecule has 0 radical (unpaired) electrons. The fourth-order valence-electron chi connectivity index (χ4n) is 3.29. The summed E-state index contributed by atoms with van der Waals surface area (Å²) in [5, 5.41) is 14.0. The van der Waals surface area contributed by atoms with Crippen LogP contribution in [0.2, 0.25) is 0 Å². The van der Waals surface area contributed by atoms with Crippen LogP contribution in [0.3, 0.4) is 0 Å². The molecule has 1 atom stereocenters. The van der Waals surface area contributed by atoms with E-state index in [1.54, 1.807) is 11.0 Å². The number of ether oxygens (including phenoxy) is 1. The van der Waals surface area contributed by atoms with Crippen LogP contribution in [0.1, 0.15) is 24.0 Å². The summed E-state index contributed by atoms with van der Waals surface area (Å²) in [5.74, 6) is 0.0927. The third kappa shape index (κ3) is 4.68. The highest BCUT2D eigenvalue weighted by Crippen LogP contribution is 2.24. The smallest absolute Gasteiger partial charge is 0.222 e. The van der Waals surface area contributed by atoms with Crippen LogP contribution in [-0.4, -0.2) is 62.6 Å². The van der Waals surface area contributed by atoms with Crippen LogP contribution in [0, 0.1) is 6.92 Å². The van der Waals surface area contributed by atoms with Crippen LogP contribution in [-0.2, 0) is 22.5 Å². The number of nitrogens with zero attached hydrogens (tertiary/aromatic N) is 4. The van der Waals surface area contributed by atoms with Crippen molar-refractivity contribution in [1.82, 2.24) is 19.7 Å². The van der Waals surface area contributed by atoms with E-state index in [-0.39, 0.29) is 12.5 Å². The van der Waals surface area contributed by atoms with Gasteiger partial charge in [-0.15, -0.1) is 0 Å². The molecule has 1 amide bonds. The molecular formula is C19H26N4O3. The summed E-state index contributed by atoms with van der Waals surface area (Å²) in [5.41, 5.74) is 1.57. The maximum absolute atomic E-state index is 12.6. The lowest BCUT2D eigenvalue weighted by Gasteiger charge is -2.42. The van der Waals surface area contributed by atoms with Crippen molar-refractivity contribution in [3.63, 3.8) is 0 Å². The van der Waals surface area contributed by atoms with Crippen molar-refractivity contribution in [2.45, 2.75) is 38.3 Å². The van der Waals surface area contributed by atoms with Gasteiger partial charge >= 0.3 is 0 Å². The molecular weight excluding hydrogens is 332 g/mol. The number of carbonyl (C=O) groups excluding carboxylic acids is 1. The van der Waals surface area contributed by atoms with E-state index in [4.69, 9.17) is 4.74 Å². The van der Waals surface area contributed by atoms with Gasteiger partial charge in [0.2, 0.25) is 5.91 Å². The van der Waals surface area contributed by atoms with Crippen molar-refractivity contribution in [3.05, 3.63) is 48.0 Å². The summed E-state index contributed by atoms with van der Waals surface area (Å²) in [7, 11) is 0. The molecule has 3 rings (SSSR count). The highest BCUT2D eigenvalue weighted by molar-refractivity contribution is 5.76. The van der Waals surface area contributed by atoms with E-state index < -0.39 is 5.60 Å². The minimum Gasteiger partial charge on any atom is -0.393 e. The predicted molar refractivity (Wildman–Crippen MR) is 96.5 cm³/mol. The topological polar surface area (TPSA) is 80.5 Å². The molecule has 1 N–H and O–H groups in total. The van der Waals surface area contributed by atoms with Crippen molar-refractivity contribution in [3.8, 4) is 0 Å². The highest BCUT2D eigenvalue weighted by atomic mass is 16.5. The lowest BCUT2D eigenvalue weighted by Crippen LogP contribution is -2.56. The Balaban J connectivity index is 1.57. The lowest BCUT2D eigenvalue weighted by molar-refractivity contribution is -0.158. The highest BCUT2D eigenvalue weighted by Gasteiger charge is 2.37. The molecule has 7 heteroatoms. The van der Waals surface area contributed by atoms with E-state index in [1.807, 2.05) is 11.8 Å². The molecule has 1 saturated heterocycles. The van der Waals surface area contributed by atoms with Gasteiger partial charge in [0.1, 0.15) is 18.3 Å². The Morgan fingerprint density at radius 2 is 2.15 bits per heavy atom. The van der Waals surface area contributed by atoms with Gasteiger partial charge < -0.3 is 14.7 Å². The van der Waals surface area contributed by atoms with Gasteiger partial charge in [-0.1, -0.05) is 29.8 Å². The van der Waals surface area contributed by atoms with Crippen molar-refractivity contribution in [1.29, 1.82) is 0 Å². The lowest BCUT2D eigenvalue weighted by atomic mass is 9.92. The molecule has 0 spiro atoms. The number of morpholine rings is 1. The molecule has 1 aromatic carbocycles. The van der Waals surface area contributed by atoms with Gasteiger partial charge in [0.25, 0.3) is 0 Å². The number of hydrogen-bond donors (Lipinski definition) is 1. The Kier molecular flexibility index (Phi) is 6.00. The summed E-state index contributed by atoms with van der Waals surface area (Å²) in [6.45, 7) is 4.04. The number of aliphatic hydroxyl groups excluding tert-OH is 1. The first kappa shape index (κ1) is 18.5. The van der Waals surface area contributed by atoms with E-state index >= 15 is 0 Å². The minimum absolute atomic E-state index is 0.0927. The molecule has 1 aliphatic rings. The normalized spacial score (nSPS) is 20.3. The third-order valence-corrected chi connectivity index (χ3v) is 4.78. The van der Waals surface area contributed by atoms with E-state index in [9.17, 15) is 9.90 Å². The average Bonchev–Trinajstić information content (AvgIpc) is 3.17. The van der Waals surface area contributed by atoms with Gasteiger partial charge in [0.15, 0.2) is 0 Å². The van der Waals surface area contributed by atoms with Gasteiger partial charge in [-0.05, 0) is 18.9 Å². The zero-order chi connectivity index (χ0) is 18.4. The Morgan fingerprint density at radius 3 is 2.85 bits per heavy atom. The second-order valence-corrected chi connectivity index (χ2v) is 6.93. The first-order valence-electron chi connectivity index (χ1n) is 9.01. The Bertz CT molecular complexity index is 702. The first-order chi connectivity index (χ1) is 12.6. The van der Waals surface area contributed by atoms with Crippen LogP contribution < -0.4 is 0 Å². The molecule has 7 nitrogen and oxygen atoms in total. The summed E-state index contributed by atoms with van der Waals surface area (Å²) in [4.78, 5) is 18.3. The first-order valence-corrected chi connectivity index (χ1v) is 9.01. The summed E-state index contributed by atoms with van der Waals surface area (Å²) < 4.78 is 7.65. The molecule has 2 heterocycles. The number of aryl methyl sites for hydroxylation is 2. The average molecular weight is 358 g/mol. The largest absolute Gasteiger partial charge is 0.393 e. The number of rotatable bonds is 7. The molecule has 2 aromatic rings. The standard InChI is InChI=1S/C19H26N4O3/c1-16-4-6-17(7-5-16)11-19(13-24)12-22(9-10-26-19)18(25)3-2-8-23-15-20-14-21-23/h4-7,14-15,24H,2-3,8-13H2,1H3. The van der Waals surface area contributed by atoms with Crippen LogP contribution in [0.15, 0.2) is 36.9 Å². The quantitative estimate of drug-likeness (QED) is 0.804. The second-order valence-electron chi connectivity index (χ2n) is 6.93. The Labute approximate surface area is 153 Å².